The first-order valence-electron chi connectivity index (χ1n) is 7.32. The third-order valence-electron chi connectivity index (χ3n) is 3.08. The summed E-state index contributed by atoms with van der Waals surface area (Å²) in [5, 5.41) is 6.05. The second-order valence-electron chi connectivity index (χ2n) is 4.93. The molecule has 0 aliphatic heterocycles. The van der Waals surface area contributed by atoms with Gasteiger partial charge in [0, 0.05) is 23.8 Å². The van der Waals surface area contributed by atoms with Crippen molar-refractivity contribution in [1.29, 1.82) is 0 Å². The lowest BCUT2D eigenvalue weighted by Crippen LogP contribution is -2.19. The molecule has 1 aromatic carbocycles. The Labute approximate surface area is 144 Å². The summed E-state index contributed by atoms with van der Waals surface area (Å²) in [6, 6.07) is 6.72. The molecule has 1 aromatic heterocycles. The molecule has 0 radical (unpaired) electrons. The molecule has 1 N–H and O–H groups in total. The normalized spacial score (nSPS) is 10.5. The number of methoxy groups -OCH3 is 2. The largest absolute Gasteiger partial charge is 0.497 e. The Kier molecular flexibility index (Phi) is 6.16. The zero-order valence-corrected chi connectivity index (χ0v) is 14.1. The van der Waals surface area contributed by atoms with Crippen LogP contribution < -0.4 is 14.8 Å². The molecule has 0 atom stereocenters. The lowest BCUT2D eigenvalue weighted by atomic mass is 10.2. The van der Waals surface area contributed by atoms with Gasteiger partial charge in [-0.05, 0) is 25.1 Å². The van der Waals surface area contributed by atoms with Crippen LogP contribution in [-0.2, 0) is 14.3 Å². The molecule has 25 heavy (non-hydrogen) atoms. The highest BCUT2D eigenvalue weighted by Crippen LogP contribution is 2.25. The van der Waals surface area contributed by atoms with E-state index in [1.54, 1.807) is 38.3 Å². The minimum atomic E-state index is -0.665. The minimum Gasteiger partial charge on any atom is -0.497 e. The zero-order chi connectivity index (χ0) is 18.2. The lowest BCUT2D eigenvalue weighted by Gasteiger charge is -2.07. The number of hydrogen-bond donors (Lipinski definition) is 1. The molecule has 0 fully saturated rings. The number of rotatable bonds is 7. The SMILES string of the molecule is COc1ccc(/C=C/C(=O)OCC(=O)Nc2cc(C)no2)c(OC)c1. The van der Waals surface area contributed by atoms with Crippen LogP contribution in [-0.4, -0.2) is 37.9 Å². The molecule has 2 rings (SSSR count). The molecule has 8 nitrogen and oxygen atoms in total. The number of hydrogen-bond acceptors (Lipinski definition) is 7. The Morgan fingerprint density at radius 2 is 2.04 bits per heavy atom. The van der Waals surface area contributed by atoms with Crippen molar-refractivity contribution in [1.82, 2.24) is 5.16 Å². The van der Waals surface area contributed by atoms with Gasteiger partial charge in [0.15, 0.2) is 6.61 Å². The quantitative estimate of drug-likeness (QED) is 0.606. The first-order valence-corrected chi connectivity index (χ1v) is 7.32. The van der Waals surface area contributed by atoms with Crippen LogP contribution in [0.15, 0.2) is 34.9 Å². The number of anilines is 1. The molecule has 0 aliphatic rings. The summed E-state index contributed by atoms with van der Waals surface area (Å²) in [6.45, 7) is 1.28. The van der Waals surface area contributed by atoms with Crippen molar-refractivity contribution >= 4 is 23.8 Å². The molecule has 1 heterocycles. The van der Waals surface area contributed by atoms with E-state index < -0.39 is 18.5 Å². The Bertz CT molecular complexity index is 781. The topological polar surface area (TPSA) is 99.9 Å². The zero-order valence-electron chi connectivity index (χ0n) is 14.1. The smallest absolute Gasteiger partial charge is 0.331 e. The number of amides is 1. The van der Waals surface area contributed by atoms with Gasteiger partial charge in [0.05, 0.1) is 19.9 Å². The van der Waals surface area contributed by atoms with Gasteiger partial charge in [-0.1, -0.05) is 5.16 Å². The van der Waals surface area contributed by atoms with Crippen LogP contribution in [0, 0.1) is 6.92 Å². The van der Waals surface area contributed by atoms with E-state index in [-0.39, 0.29) is 5.88 Å². The summed E-state index contributed by atoms with van der Waals surface area (Å²) in [6.07, 6.45) is 2.73. The molecule has 1 amide bonds. The van der Waals surface area contributed by atoms with Crippen molar-refractivity contribution < 1.29 is 28.3 Å². The highest BCUT2D eigenvalue weighted by molar-refractivity contribution is 5.94. The van der Waals surface area contributed by atoms with E-state index in [9.17, 15) is 9.59 Å². The van der Waals surface area contributed by atoms with Crippen molar-refractivity contribution in [2.75, 3.05) is 26.1 Å². The van der Waals surface area contributed by atoms with Crippen LogP contribution >= 0.6 is 0 Å². The fourth-order valence-corrected chi connectivity index (χ4v) is 1.89. The summed E-state index contributed by atoms with van der Waals surface area (Å²) in [7, 11) is 3.06. The van der Waals surface area contributed by atoms with Gasteiger partial charge in [-0.3, -0.25) is 10.1 Å². The van der Waals surface area contributed by atoms with Crippen molar-refractivity contribution in [3.63, 3.8) is 0 Å². The van der Waals surface area contributed by atoms with E-state index >= 15 is 0 Å². The van der Waals surface area contributed by atoms with Crippen LogP contribution in [0.1, 0.15) is 11.3 Å². The van der Waals surface area contributed by atoms with Crippen LogP contribution in [0.3, 0.4) is 0 Å². The fraction of sp³-hybridized carbons (Fsp3) is 0.235. The third-order valence-corrected chi connectivity index (χ3v) is 3.08. The van der Waals surface area contributed by atoms with Gasteiger partial charge in [-0.15, -0.1) is 0 Å². The van der Waals surface area contributed by atoms with Crippen LogP contribution in [0.25, 0.3) is 6.08 Å². The molecule has 0 spiro atoms. The summed E-state index contributed by atoms with van der Waals surface area (Å²) in [5.74, 6) is 0.177. The maximum absolute atomic E-state index is 11.7. The highest BCUT2D eigenvalue weighted by atomic mass is 16.5. The average molecular weight is 346 g/mol. The highest BCUT2D eigenvalue weighted by Gasteiger charge is 2.09. The number of benzene rings is 1. The van der Waals surface area contributed by atoms with E-state index in [0.29, 0.717) is 22.8 Å². The Morgan fingerprint density at radius 3 is 2.68 bits per heavy atom. The van der Waals surface area contributed by atoms with Crippen molar-refractivity contribution in [2.24, 2.45) is 0 Å². The standard InChI is InChI=1S/C17H18N2O6/c1-11-8-16(25-19-11)18-15(20)10-24-17(21)7-5-12-4-6-13(22-2)9-14(12)23-3/h4-9H,10H2,1-3H3,(H,18,20)/b7-5+. The van der Waals surface area contributed by atoms with Gasteiger partial charge in [0.25, 0.3) is 5.91 Å². The van der Waals surface area contributed by atoms with Crippen molar-refractivity contribution in [2.45, 2.75) is 6.92 Å². The van der Waals surface area contributed by atoms with E-state index in [1.807, 2.05) is 0 Å². The Morgan fingerprint density at radius 1 is 1.24 bits per heavy atom. The van der Waals surface area contributed by atoms with Crippen molar-refractivity contribution in [3.05, 3.63) is 41.6 Å². The number of esters is 1. The number of aromatic nitrogens is 1. The van der Waals surface area contributed by atoms with E-state index in [2.05, 4.69) is 10.5 Å². The van der Waals surface area contributed by atoms with E-state index in [1.165, 1.54) is 19.3 Å². The molecule has 8 heteroatoms. The average Bonchev–Trinajstić information content (AvgIpc) is 3.02. The van der Waals surface area contributed by atoms with Crippen LogP contribution in [0.5, 0.6) is 11.5 Å². The van der Waals surface area contributed by atoms with Crippen LogP contribution in [0.4, 0.5) is 5.88 Å². The monoisotopic (exact) mass is 346 g/mol. The summed E-state index contributed by atoms with van der Waals surface area (Å²) in [4.78, 5) is 23.3. The number of carbonyl (C=O) groups is 2. The Balaban J connectivity index is 1.87. The first kappa shape index (κ1) is 18.1. The Hall–Kier alpha value is -3.29. The predicted octanol–water partition coefficient (Wildman–Crippen LogP) is 2.20. The summed E-state index contributed by atoms with van der Waals surface area (Å²) < 4.78 is 20.0. The molecular weight excluding hydrogens is 328 g/mol. The van der Waals surface area contributed by atoms with Crippen molar-refractivity contribution in [3.8, 4) is 11.5 Å². The molecule has 0 saturated heterocycles. The number of aryl methyl sites for hydroxylation is 1. The third kappa shape index (κ3) is 5.38. The molecule has 2 aromatic rings. The molecular formula is C17H18N2O6. The molecule has 0 unspecified atom stereocenters. The van der Waals surface area contributed by atoms with Gasteiger partial charge in [-0.25, -0.2) is 4.79 Å². The molecule has 0 bridgehead atoms. The van der Waals surface area contributed by atoms with Crippen LogP contribution in [0.2, 0.25) is 0 Å². The molecule has 132 valence electrons. The predicted molar refractivity (Wildman–Crippen MR) is 89.4 cm³/mol. The minimum absolute atomic E-state index is 0.192. The number of ether oxygens (including phenoxy) is 3. The van der Waals surface area contributed by atoms with Gasteiger partial charge < -0.3 is 18.7 Å². The maximum Gasteiger partial charge on any atom is 0.331 e. The van der Waals surface area contributed by atoms with Gasteiger partial charge in [0.2, 0.25) is 5.88 Å². The second-order valence-corrected chi connectivity index (χ2v) is 4.93. The number of carbonyl (C=O) groups excluding carboxylic acids is 2. The second kappa shape index (κ2) is 8.53. The lowest BCUT2D eigenvalue weighted by molar-refractivity contribution is -0.142. The maximum atomic E-state index is 11.7. The number of nitrogens with zero attached hydrogens (tertiary/aromatic N) is 1. The summed E-state index contributed by atoms with van der Waals surface area (Å²) >= 11 is 0. The number of nitrogens with one attached hydrogen (secondary N) is 1. The molecule has 0 aliphatic carbocycles. The van der Waals surface area contributed by atoms with Gasteiger partial charge >= 0.3 is 5.97 Å². The fourth-order valence-electron chi connectivity index (χ4n) is 1.89. The summed E-state index contributed by atoms with van der Waals surface area (Å²) in [5.41, 5.74) is 1.30. The van der Waals surface area contributed by atoms with Gasteiger partial charge in [-0.2, -0.15) is 0 Å². The molecule has 0 saturated carbocycles. The van der Waals surface area contributed by atoms with Gasteiger partial charge in [0.1, 0.15) is 11.5 Å². The van der Waals surface area contributed by atoms with E-state index in [4.69, 9.17) is 18.7 Å². The first-order chi connectivity index (χ1) is 12.0. The van der Waals surface area contributed by atoms with E-state index in [0.717, 1.165) is 0 Å².